The topological polar surface area (TPSA) is 13.1 Å². The molecule has 1 aromatic heterocycles. The van der Waals surface area contributed by atoms with Gasteiger partial charge in [-0.3, -0.25) is 0 Å². The zero-order chi connectivity index (χ0) is 34.0. The summed E-state index contributed by atoms with van der Waals surface area (Å²) in [6.45, 7) is 19.2. The number of rotatable bonds is 9. The second-order valence-electron chi connectivity index (χ2n) is 13.2. The minimum atomic E-state index is -0.170. The van der Waals surface area contributed by atoms with E-state index in [-0.39, 0.29) is 5.31 Å². The monoisotopic (exact) mass is 622 g/mol. The van der Waals surface area contributed by atoms with Crippen molar-refractivity contribution < 1.29 is 4.42 Å². The van der Waals surface area contributed by atoms with Gasteiger partial charge in [-0.25, -0.2) is 0 Å². The highest BCUT2D eigenvalue weighted by Crippen LogP contribution is 2.53. The summed E-state index contributed by atoms with van der Waals surface area (Å²) in [6, 6.07) is 34.3. The fraction of sp³-hybridized carbons (Fsp3) is 0.130. The van der Waals surface area contributed by atoms with Gasteiger partial charge < -0.3 is 4.42 Å². The summed E-state index contributed by atoms with van der Waals surface area (Å²) < 4.78 is 6.60. The third kappa shape index (κ3) is 5.84. The van der Waals surface area contributed by atoms with Crippen LogP contribution >= 0.6 is 0 Å². The summed E-state index contributed by atoms with van der Waals surface area (Å²) in [7, 11) is 2.31. The molecule has 1 heterocycles. The number of furan rings is 1. The fourth-order valence-corrected chi connectivity index (χ4v) is 7.24. The molecule has 1 aliphatic rings. The minimum absolute atomic E-state index is 0.170. The summed E-state index contributed by atoms with van der Waals surface area (Å²) in [5.74, 6) is 0.990. The highest BCUT2D eigenvalue weighted by molar-refractivity contribution is 6.23. The van der Waals surface area contributed by atoms with Crippen molar-refractivity contribution in [3.8, 4) is 22.5 Å². The summed E-state index contributed by atoms with van der Waals surface area (Å²) >= 11 is 0. The Morgan fingerprint density at radius 2 is 1.25 bits per heavy atom. The van der Waals surface area contributed by atoms with Crippen LogP contribution in [0.3, 0.4) is 0 Å². The summed E-state index contributed by atoms with van der Waals surface area (Å²) in [5, 5.41) is 1.02. The van der Waals surface area contributed by atoms with Gasteiger partial charge in [0.2, 0.25) is 0 Å². The number of fused-ring (bicyclic) bond motifs is 5. The summed E-state index contributed by atoms with van der Waals surface area (Å²) in [6.07, 6.45) is 12.5. The Hall–Kier alpha value is -5.34. The molecule has 0 spiro atoms. The average molecular weight is 623 g/mol. The van der Waals surface area contributed by atoms with E-state index >= 15 is 0 Å². The van der Waals surface area contributed by atoms with Gasteiger partial charge in [-0.1, -0.05) is 148 Å². The van der Waals surface area contributed by atoms with Crippen molar-refractivity contribution in [1.29, 1.82) is 0 Å². The van der Waals surface area contributed by atoms with Crippen LogP contribution in [0.4, 0.5) is 0 Å². The summed E-state index contributed by atoms with van der Waals surface area (Å²) in [5.41, 5.74) is 16.5. The molecule has 0 radical (unpaired) electrons. The van der Waals surface area contributed by atoms with Crippen LogP contribution in [0.15, 0.2) is 173 Å². The van der Waals surface area contributed by atoms with Crippen LogP contribution in [0.5, 0.6) is 0 Å². The molecule has 0 saturated heterocycles. The molecule has 6 rings (SSSR count). The number of hydrogen-bond acceptors (Lipinski definition) is 1. The van der Waals surface area contributed by atoms with Crippen molar-refractivity contribution in [2.75, 3.05) is 0 Å². The first-order chi connectivity index (χ1) is 23.2. The van der Waals surface area contributed by atoms with Gasteiger partial charge in [-0.2, -0.15) is 0 Å². The van der Waals surface area contributed by atoms with Crippen molar-refractivity contribution in [3.05, 3.63) is 191 Å². The van der Waals surface area contributed by atoms with E-state index in [0.717, 1.165) is 22.5 Å². The second-order valence-corrected chi connectivity index (χ2v) is 13.2. The Balaban J connectivity index is 1.34. The van der Waals surface area contributed by atoms with E-state index in [1.807, 2.05) is 18.2 Å². The largest absolute Gasteiger partial charge is 0.456 e. The van der Waals surface area contributed by atoms with Crippen LogP contribution in [0.25, 0.3) is 44.6 Å². The molecule has 1 unspecified atom stereocenters. The van der Waals surface area contributed by atoms with Crippen LogP contribution in [-0.2, 0) is 5.31 Å². The fourth-order valence-electron chi connectivity index (χ4n) is 7.24. The zero-order valence-corrected chi connectivity index (χ0v) is 29.0. The Morgan fingerprint density at radius 3 is 1.92 bits per heavy atom. The van der Waals surface area contributed by atoms with E-state index in [2.05, 4.69) is 171 Å². The first kappa shape index (κ1) is 32.6. The van der Waals surface area contributed by atoms with Crippen LogP contribution < -0.4 is 0 Å². The molecule has 5 aromatic rings. The first-order valence-corrected chi connectivity index (χ1v) is 16.7. The van der Waals surface area contributed by atoms with Gasteiger partial charge in [0.15, 0.2) is 0 Å². The molecular weight excluding hydrogens is 579 g/mol. The molecule has 0 saturated carbocycles. The van der Waals surface area contributed by atoms with Gasteiger partial charge in [0.05, 0.1) is 0 Å². The number of allylic oxidation sites excluding steroid dienone is 12. The number of hydrogen-bond donors (Lipinski definition) is 0. The van der Waals surface area contributed by atoms with Gasteiger partial charge in [-0.05, 0) is 100 Å². The molecule has 0 bridgehead atoms. The molecular formula is C46H43BO. The smallest absolute Gasteiger partial charge is 0.139 e. The minimum Gasteiger partial charge on any atom is -0.456 e. The van der Waals surface area contributed by atoms with E-state index in [4.69, 9.17) is 4.42 Å². The average Bonchev–Trinajstić information content (AvgIpc) is 3.61. The standard InChI is InChI=1S/C46H43BO/c1-8-30(3)41(36-28-26-35(27-29-36)34-20-11-10-12-21-34)32(5)18-13-14-19-33(6)42(31(4)9-2)38-23-17-25-40-43(38)44-45(48-40)37-22-15-16-24-39(37)46(44,7)47/h8-29H,1-2,47H2,3-7H3/b14-13-,32-18+,33-19+,41-30-,42-31-. The lowest BCUT2D eigenvalue weighted by atomic mass is 9.63. The van der Waals surface area contributed by atoms with Crippen molar-refractivity contribution in [2.24, 2.45) is 0 Å². The molecule has 2 heteroatoms. The Morgan fingerprint density at radius 1 is 0.667 bits per heavy atom. The number of benzene rings is 4. The van der Waals surface area contributed by atoms with Crippen LogP contribution in [-0.4, -0.2) is 7.85 Å². The van der Waals surface area contributed by atoms with E-state index in [1.54, 1.807) is 0 Å². The maximum absolute atomic E-state index is 6.60. The van der Waals surface area contributed by atoms with E-state index < -0.39 is 0 Å². The first-order valence-electron chi connectivity index (χ1n) is 16.7. The molecule has 0 fully saturated rings. The molecule has 0 N–H and O–H groups in total. The van der Waals surface area contributed by atoms with Crippen molar-refractivity contribution in [3.63, 3.8) is 0 Å². The van der Waals surface area contributed by atoms with Crippen LogP contribution in [0, 0.1) is 0 Å². The van der Waals surface area contributed by atoms with Crippen molar-refractivity contribution in [1.82, 2.24) is 0 Å². The molecule has 0 aliphatic heterocycles. The lowest BCUT2D eigenvalue weighted by molar-refractivity contribution is 0.629. The predicted molar refractivity (Wildman–Crippen MR) is 211 cm³/mol. The highest BCUT2D eigenvalue weighted by Gasteiger charge is 2.40. The quantitative estimate of drug-likeness (QED) is 0.118. The maximum Gasteiger partial charge on any atom is 0.139 e. The SMILES string of the molecule is BC1(C)c2ccccc2-c2oc3cccc(C(=C(/C)C=C)/C(C)=C/C=C\C=C(C)\C(=C(/C)C=C)c4ccc(-c5ccccc5)cc4)c3c21. The maximum atomic E-state index is 6.60. The molecule has 1 atom stereocenters. The van der Waals surface area contributed by atoms with E-state index in [1.165, 1.54) is 66.6 Å². The van der Waals surface area contributed by atoms with E-state index in [9.17, 15) is 0 Å². The third-order valence-electron chi connectivity index (χ3n) is 9.73. The van der Waals surface area contributed by atoms with E-state index in [0.29, 0.717) is 0 Å². The van der Waals surface area contributed by atoms with Gasteiger partial charge in [0.1, 0.15) is 19.2 Å². The van der Waals surface area contributed by atoms with Gasteiger partial charge in [-0.15, -0.1) is 0 Å². The van der Waals surface area contributed by atoms with Crippen LogP contribution in [0.1, 0.15) is 56.9 Å². The van der Waals surface area contributed by atoms with Crippen molar-refractivity contribution in [2.45, 2.75) is 39.9 Å². The lowest BCUT2D eigenvalue weighted by Crippen LogP contribution is -2.20. The molecule has 236 valence electrons. The third-order valence-corrected chi connectivity index (χ3v) is 9.73. The molecule has 0 amide bonds. The molecule has 1 nitrogen and oxygen atoms in total. The predicted octanol–water partition coefficient (Wildman–Crippen LogP) is 12.0. The normalized spacial score (nSPS) is 17.2. The van der Waals surface area contributed by atoms with Gasteiger partial charge in [0, 0.05) is 16.5 Å². The zero-order valence-electron chi connectivity index (χ0n) is 29.0. The van der Waals surface area contributed by atoms with Crippen LogP contribution in [0.2, 0.25) is 0 Å². The van der Waals surface area contributed by atoms with Crippen molar-refractivity contribution >= 4 is 30.0 Å². The highest BCUT2D eigenvalue weighted by atomic mass is 16.3. The Kier molecular flexibility index (Phi) is 9.11. The van der Waals surface area contributed by atoms with Gasteiger partial charge >= 0.3 is 0 Å². The molecule has 1 aliphatic carbocycles. The second kappa shape index (κ2) is 13.4. The molecule has 4 aromatic carbocycles. The Bertz CT molecular complexity index is 2190. The summed E-state index contributed by atoms with van der Waals surface area (Å²) in [4.78, 5) is 0. The Labute approximate surface area is 287 Å². The van der Waals surface area contributed by atoms with Gasteiger partial charge in [0.25, 0.3) is 0 Å². The lowest BCUT2D eigenvalue weighted by Gasteiger charge is -2.22. The molecule has 48 heavy (non-hydrogen) atoms.